The van der Waals surface area contributed by atoms with Crippen LogP contribution in [-0.4, -0.2) is 46.1 Å². The number of carbonyl (C=O) groups excluding carboxylic acids is 2. The van der Waals surface area contributed by atoms with E-state index in [-0.39, 0.29) is 5.69 Å². The molecule has 23 heavy (non-hydrogen) atoms. The van der Waals surface area contributed by atoms with Gasteiger partial charge in [-0.1, -0.05) is 0 Å². The maximum Gasteiger partial charge on any atom is 0.322 e. The van der Waals surface area contributed by atoms with Crippen LogP contribution in [0.25, 0.3) is 0 Å². The van der Waals surface area contributed by atoms with Gasteiger partial charge >= 0.3 is 6.03 Å². The molecule has 0 spiro atoms. The Morgan fingerprint density at radius 3 is 2.65 bits per heavy atom. The molecule has 1 fully saturated rings. The zero-order chi connectivity index (χ0) is 17.2. The lowest BCUT2D eigenvalue weighted by molar-refractivity contribution is -0.121. The van der Waals surface area contributed by atoms with E-state index >= 15 is 0 Å². The molecule has 0 radical (unpaired) electrons. The number of urea groups is 1. The maximum atomic E-state index is 13.6. The zero-order valence-corrected chi connectivity index (χ0v) is 13.5. The van der Waals surface area contributed by atoms with Crippen LogP contribution < -0.4 is 5.32 Å². The third-order valence-electron chi connectivity index (χ3n) is 3.28. The minimum Gasteiger partial charge on any atom is -0.312 e. The number of hydrogen-bond donors (Lipinski definition) is 1. The summed E-state index contributed by atoms with van der Waals surface area (Å²) in [7, 11) is -2.61. The van der Waals surface area contributed by atoms with Crippen molar-refractivity contribution in [3.05, 3.63) is 29.8 Å². The molecule has 0 saturated carbocycles. The number of likely N-dealkylation sites (tertiary alicyclic amines) is 1. The average Bonchev–Trinajstić information content (AvgIpc) is 2.89. The van der Waals surface area contributed by atoms with E-state index in [0.29, 0.717) is 25.5 Å². The maximum absolute atomic E-state index is 13.6. The van der Waals surface area contributed by atoms with E-state index in [9.17, 15) is 22.6 Å². The van der Waals surface area contributed by atoms with E-state index in [2.05, 4.69) is 9.68 Å². The Hall–Kier alpha value is -2.03. The highest BCUT2D eigenvalue weighted by Crippen LogP contribution is 2.22. The van der Waals surface area contributed by atoms with Crippen LogP contribution in [0.3, 0.4) is 0 Å². The SMILES string of the molecule is CS(C)(=O)=NC(=O)[C@@H]1CCCN1C(=O)Nc1ccc(F)cc1F. The van der Waals surface area contributed by atoms with Crippen LogP contribution in [0, 0.1) is 11.6 Å². The van der Waals surface area contributed by atoms with Gasteiger partial charge in [-0.05, 0) is 25.0 Å². The van der Waals surface area contributed by atoms with Crippen molar-refractivity contribution in [2.45, 2.75) is 18.9 Å². The molecular weight excluding hydrogens is 328 g/mol. The van der Waals surface area contributed by atoms with Gasteiger partial charge in [0.25, 0.3) is 5.91 Å². The molecule has 1 aliphatic heterocycles. The van der Waals surface area contributed by atoms with Gasteiger partial charge in [0.05, 0.1) is 5.69 Å². The number of rotatable bonds is 2. The van der Waals surface area contributed by atoms with Gasteiger partial charge in [0, 0.05) is 34.9 Å². The van der Waals surface area contributed by atoms with Crippen LogP contribution in [0.1, 0.15) is 12.8 Å². The van der Waals surface area contributed by atoms with E-state index in [1.165, 1.54) is 17.4 Å². The fourth-order valence-corrected chi connectivity index (χ4v) is 2.88. The normalized spacial score (nSPS) is 17.9. The van der Waals surface area contributed by atoms with E-state index in [1.807, 2.05) is 0 Å². The Morgan fingerprint density at radius 1 is 1.35 bits per heavy atom. The van der Waals surface area contributed by atoms with Crippen LogP contribution in [-0.2, 0) is 14.5 Å². The van der Waals surface area contributed by atoms with E-state index in [1.54, 1.807) is 0 Å². The Kier molecular flexibility index (Phi) is 4.98. The Bertz CT molecular complexity index is 752. The number of anilines is 1. The molecule has 126 valence electrons. The van der Waals surface area contributed by atoms with Crippen molar-refractivity contribution in [2.24, 2.45) is 4.36 Å². The van der Waals surface area contributed by atoms with Crippen LogP contribution in [0.4, 0.5) is 19.3 Å². The zero-order valence-electron chi connectivity index (χ0n) is 12.7. The fraction of sp³-hybridized carbons (Fsp3) is 0.429. The van der Waals surface area contributed by atoms with Crippen LogP contribution in [0.15, 0.2) is 22.6 Å². The molecule has 1 atom stereocenters. The topological polar surface area (TPSA) is 78.8 Å². The van der Waals surface area contributed by atoms with Crippen molar-refractivity contribution in [3.8, 4) is 0 Å². The summed E-state index contributed by atoms with van der Waals surface area (Å²) < 4.78 is 41.7. The molecule has 0 unspecified atom stereocenters. The first-order valence-electron chi connectivity index (χ1n) is 6.91. The summed E-state index contributed by atoms with van der Waals surface area (Å²) in [6.45, 7) is 0.301. The second-order valence-corrected chi connectivity index (χ2v) is 8.06. The number of nitrogens with zero attached hydrogens (tertiary/aromatic N) is 2. The minimum atomic E-state index is -2.61. The number of carbonyl (C=O) groups is 2. The molecule has 1 heterocycles. The summed E-state index contributed by atoms with van der Waals surface area (Å²) in [6, 6.07) is 1.27. The van der Waals surface area contributed by atoms with E-state index in [4.69, 9.17) is 0 Å². The second kappa shape index (κ2) is 6.61. The Balaban J connectivity index is 2.15. The predicted molar refractivity (Wildman–Crippen MR) is 82.5 cm³/mol. The molecule has 1 N–H and O–H groups in total. The highest BCUT2D eigenvalue weighted by molar-refractivity contribution is 7.92. The standard InChI is InChI=1S/C14H17F2N3O3S/c1-23(2,22)18-13(20)12-4-3-7-19(12)14(21)17-11-6-5-9(15)8-10(11)16/h5-6,8,12H,3-4,7H2,1-2H3,(H,17,21)/t12-/m0/s1. The van der Waals surface area contributed by atoms with E-state index in [0.717, 1.165) is 12.1 Å². The molecular formula is C14H17F2N3O3S. The number of hydrogen-bond acceptors (Lipinski definition) is 3. The molecule has 0 bridgehead atoms. The third kappa shape index (κ3) is 4.47. The first kappa shape index (κ1) is 17.3. The Morgan fingerprint density at radius 2 is 2.04 bits per heavy atom. The van der Waals surface area contributed by atoms with Gasteiger partial charge in [-0.2, -0.15) is 4.36 Å². The van der Waals surface area contributed by atoms with Crippen molar-refractivity contribution in [3.63, 3.8) is 0 Å². The molecule has 1 aromatic carbocycles. The second-order valence-electron chi connectivity index (χ2n) is 5.52. The highest BCUT2D eigenvalue weighted by Gasteiger charge is 2.34. The number of nitrogens with one attached hydrogen (secondary N) is 1. The van der Waals surface area contributed by atoms with Gasteiger partial charge in [-0.3, -0.25) is 4.79 Å². The molecule has 2 rings (SSSR count). The van der Waals surface area contributed by atoms with Crippen molar-refractivity contribution >= 4 is 27.4 Å². The van der Waals surface area contributed by atoms with Crippen molar-refractivity contribution in [2.75, 3.05) is 24.4 Å². The van der Waals surface area contributed by atoms with Gasteiger partial charge in [-0.25, -0.2) is 17.8 Å². The van der Waals surface area contributed by atoms with Crippen LogP contribution in [0.5, 0.6) is 0 Å². The van der Waals surface area contributed by atoms with Gasteiger partial charge in [0.1, 0.15) is 17.7 Å². The predicted octanol–water partition coefficient (Wildman–Crippen LogP) is 2.22. The number of halogens is 2. The lowest BCUT2D eigenvalue weighted by Crippen LogP contribution is -2.42. The Labute approximate surface area is 133 Å². The largest absolute Gasteiger partial charge is 0.322 e. The molecule has 1 aromatic rings. The van der Waals surface area contributed by atoms with Gasteiger partial charge in [-0.15, -0.1) is 0 Å². The lowest BCUT2D eigenvalue weighted by Gasteiger charge is -2.22. The highest BCUT2D eigenvalue weighted by atomic mass is 32.2. The minimum absolute atomic E-state index is 0.179. The van der Waals surface area contributed by atoms with Crippen molar-refractivity contribution < 1.29 is 22.6 Å². The van der Waals surface area contributed by atoms with E-state index < -0.39 is 39.3 Å². The van der Waals surface area contributed by atoms with Gasteiger partial charge in [0.2, 0.25) is 0 Å². The van der Waals surface area contributed by atoms with Crippen molar-refractivity contribution in [1.82, 2.24) is 4.90 Å². The van der Waals surface area contributed by atoms with Crippen LogP contribution >= 0.6 is 0 Å². The quantitative estimate of drug-likeness (QED) is 0.892. The average molecular weight is 345 g/mol. The summed E-state index contributed by atoms with van der Waals surface area (Å²) >= 11 is 0. The molecule has 1 saturated heterocycles. The molecule has 1 aliphatic rings. The van der Waals surface area contributed by atoms with Gasteiger partial charge < -0.3 is 10.2 Å². The summed E-state index contributed by atoms with van der Waals surface area (Å²) in [5.41, 5.74) is -0.179. The molecule has 0 aromatic heterocycles. The van der Waals surface area contributed by atoms with Gasteiger partial charge in [0.15, 0.2) is 0 Å². The summed E-state index contributed by atoms with van der Waals surface area (Å²) in [4.78, 5) is 25.5. The smallest absolute Gasteiger partial charge is 0.312 e. The third-order valence-corrected chi connectivity index (χ3v) is 3.90. The molecule has 3 amide bonds. The number of benzene rings is 1. The first-order valence-corrected chi connectivity index (χ1v) is 9.24. The summed E-state index contributed by atoms with van der Waals surface area (Å²) in [6.07, 6.45) is 3.65. The number of amides is 3. The van der Waals surface area contributed by atoms with Crippen LogP contribution in [0.2, 0.25) is 0 Å². The fourth-order valence-electron chi connectivity index (χ4n) is 2.32. The molecule has 6 nitrogen and oxygen atoms in total. The summed E-state index contributed by atoms with van der Waals surface area (Å²) in [5.74, 6) is -2.29. The lowest BCUT2D eigenvalue weighted by atomic mass is 10.2. The molecule has 9 heteroatoms. The molecule has 0 aliphatic carbocycles. The monoisotopic (exact) mass is 345 g/mol. The van der Waals surface area contributed by atoms with Crippen molar-refractivity contribution in [1.29, 1.82) is 0 Å². The first-order chi connectivity index (χ1) is 10.7. The summed E-state index contributed by atoms with van der Waals surface area (Å²) in [5, 5.41) is 2.31.